The van der Waals surface area contributed by atoms with Gasteiger partial charge < -0.3 is 19.8 Å². The molecule has 1 aromatic heterocycles. The number of fused-ring (bicyclic) bond motifs is 1. The van der Waals surface area contributed by atoms with Crippen molar-refractivity contribution in [3.8, 4) is 11.3 Å². The Balaban J connectivity index is 1.93. The Morgan fingerprint density at radius 2 is 1.89 bits per heavy atom. The molecule has 0 aliphatic heterocycles. The molecule has 0 spiro atoms. The third-order valence-electron chi connectivity index (χ3n) is 4.70. The van der Waals surface area contributed by atoms with Gasteiger partial charge in [0.2, 0.25) is 0 Å². The van der Waals surface area contributed by atoms with E-state index in [-0.39, 0.29) is 0 Å². The molecular formula is C23H30N2O2. The van der Waals surface area contributed by atoms with E-state index in [1.165, 1.54) is 16.5 Å². The number of ether oxygens (including phenoxy) is 2. The molecule has 0 saturated heterocycles. The highest BCUT2D eigenvalue weighted by molar-refractivity contribution is 5.95. The van der Waals surface area contributed by atoms with Crippen LogP contribution in [-0.4, -0.2) is 31.3 Å². The van der Waals surface area contributed by atoms with Crippen molar-refractivity contribution in [2.45, 2.75) is 39.3 Å². The number of nitrogens with one attached hydrogen (secondary N) is 2. The first-order valence-electron chi connectivity index (χ1n) is 9.75. The lowest BCUT2D eigenvalue weighted by molar-refractivity contribution is 0.0617. The summed E-state index contributed by atoms with van der Waals surface area (Å²) in [7, 11) is 1.69. The van der Waals surface area contributed by atoms with Crippen LogP contribution in [-0.2, 0) is 16.1 Å². The number of hydrogen-bond acceptors (Lipinski definition) is 3. The molecule has 1 heterocycles. The largest absolute Gasteiger partial charge is 0.382 e. The van der Waals surface area contributed by atoms with Gasteiger partial charge in [-0.25, -0.2) is 0 Å². The van der Waals surface area contributed by atoms with E-state index in [0.29, 0.717) is 25.9 Å². The maximum atomic E-state index is 5.74. The van der Waals surface area contributed by atoms with E-state index in [2.05, 4.69) is 66.6 Å². The summed E-state index contributed by atoms with van der Waals surface area (Å²) in [6, 6.07) is 17.5. The van der Waals surface area contributed by atoms with Crippen molar-refractivity contribution in [1.82, 2.24) is 4.98 Å². The van der Waals surface area contributed by atoms with Crippen molar-refractivity contribution in [1.29, 1.82) is 0 Å². The monoisotopic (exact) mass is 366 g/mol. The van der Waals surface area contributed by atoms with Gasteiger partial charge >= 0.3 is 0 Å². The molecule has 2 aromatic carbocycles. The van der Waals surface area contributed by atoms with Crippen LogP contribution in [0.25, 0.3) is 22.2 Å². The van der Waals surface area contributed by atoms with Crippen LogP contribution in [0, 0.1) is 0 Å². The standard InChI is InChI=1S/C23H30N2O2/c1-4-8-17(2)24-22-14-18(16-27-12-11-26-3)13-20-15-21(25-23(20)22)19-9-6-5-7-10-19/h5-7,9-10,13-15,17,24-25H,4,8,11-12,16H2,1-3H3. The highest BCUT2D eigenvalue weighted by Crippen LogP contribution is 2.31. The third-order valence-corrected chi connectivity index (χ3v) is 4.70. The Bertz CT molecular complexity index is 842. The summed E-state index contributed by atoms with van der Waals surface area (Å²) in [6.07, 6.45) is 2.30. The third kappa shape index (κ3) is 5.12. The highest BCUT2D eigenvalue weighted by atomic mass is 16.5. The van der Waals surface area contributed by atoms with E-state index in [1.807, 2.05) is 6.07 Å². The van der Waals surface area contributed by atoms with Crippen LogP contribution in [0.15, 0.2) is 48.5 Å². The molecule has 0 radical (unpaired) electrons. The Labute approximate surface area is 161 Å². The molecule has 0 aliphatic rings. The zero-order valence-electron chi connectivity index (χ0n) is 16.5. The smallest absolute Gasteiger partial charge is 0.0719 e. The fraction of sp³-hybridized carbons (Fsp3) is 0.391. The van der Waals surface area contributed by atoms with Gasteiger partial charge in [0, 0.05) is 24.2 Å². The molecule has 27 heavy (non-hydrogen) atoms. The van der Waals surface area contributed by atoms with E-state index >= 15 is 0 Å². The minimum atomic E-state index is 0.423. The number of aromatic amines is 1. The number of H-pyrrole nitrogens is 1. The molecular weight excluding hydrogens is 336 g/mol. The van der Waals surface area contributed by atoms with Crippen LogP contribution in [0.5, 0.6) is 0 Å². The lowest BCUT2D eigenvalue weighted by atomic mass is 10.1. The number of rotatable bonds is 10. The number of methoxy groups -OCH3 is 1. The lowest BCUT2D eigenvalue weighted by Gasteiger charge is -2.16. The molecule has 1 unspecified atom stereocenters. The fourth-order valence-corrected chi connectivity index (χ4v) is 3.38. The van der Waals surface area contributed by atoms with E-state index in [1.54, 1.807) is 7.11 Å². The SMILES string of the molecule is CCCC(C)Nc1cc(COCCOC)cc2cc(-c3ccccc3)[nH]c12. The summed E-state index contributed by atoms with van der Waals surface area (Å²) in [5.74, 6) is 0. The number of hydrogen-bond donors (Lipinski definition) is 2. The quantitative estimate of drug-likeness (QED) is 0.459. The molecule has 3 aromatic rings. The minimum Gasteiger partial charge on any atom is -0.382 e. The van der Waals surface area contributed by atoms with Gasteiger partial charge in [0.15, 0.2) is 0 Å². The van der Waals surface area contributed by atoms with Crippen LogP contribution in [0.3, 0.4) is 0 Å². The second kappa shape index (κ2) is 9.58. The van der Waals surface area contributed by atoms with Crippen molar-refractivity contribution in [2.75, 3.05) is 25.6 Å². The van der Waals surface area contributed by atoms with Crippen LogP contribution >= 0.6 is 0 Å². The molecule has 2 N–H and O–H groups in total. The van der Waals surface area contributed by atoms with Gasteiger partial charge in [-0.15, -0.1) is 0 Å². The van der Waals surface area contributed by atoms with E-state index in [0.717, 1.165) is 29.7 Å². The molecule has 3 rings (SSSR count). The molecule has 0 saturated carbocycles. The normalized spacial score (nSPS) is 12.4. The molecule has 0 fully saturated rings. The highest BCUT2D eigenvalue weighted by Gasteiger charge is 2.11. The Morgan fingerprint density at radius 1 is 1.07 bits per heavy atom. The summed E-state index contributed by atoms with van der Waals surface area (Å²) in [5.41, 5.74) is 5.79. The van der Waals surface area contributed by atoms with Crippen molar-refractivity contribution >= 4 is 16.6 Å². The van der Waals surface area contributed by atoms with Gasteiger partial charge in [-0.1, -0.05) is 43.7 Å². The Kier molecular flexibility index (Phi) is 6.91. The zero-order chi connectivity index (χ0) is 19.1. The average Bonchev–Trinajstić information content (AvgIpc) is 3.11. The van der Waals surface area contributed by atoms with Crippen LogP contribution in [0.1, 0.15) is 32.3 Å². The predicted molar refractivity (Wildman–Crippen MR) is 113 cm³/mol. The Morgan fingerprint density at radius 3 is 2.63 bits per heavy atom. The Hall–Kier alpha value is -2.30. The van der Waals surface area contributed by atoms with Crippen molar-refractivity contribution in [3.63, 3.8) is 0 Å². The van der Waals surface area contributed by atoms with Gasteiger partial charge in [-0.05, 0) is 42.7 Å². The summed E-state index contributed by atoms with van der Waals surface area (Å²) in [4.78, 5) is 3.61. The summed E-state index contributed by atoms with van der Waals surface area (Å²) in [6.45, 7) is 6.26. The van der Waals surface area contributed by atoms with E-state index in [4.69, 9.17) is 9.47 Å². The second-order valence-electron chi connectivity index (χ2n) is 7.04. The number of benzene rings is 2. The van der Waals surface area contributed by atoms with Crippen LogP contribution in [0.2, 0.25) is 0 Å². The van der Waals surface area contributed by atoms with Crippen LogP contribution < -0.4 is 5.32 Å². The second-order valence-corrected chi connectivity index (χ2v) is 7.04. The lowest BCUT2D eigenvalue weighted by Crippen LogP contribution is -2.15. The van der Waals surface area contributed by atoms with Gasteiger partial charge in [0.1, 0.15) is 0 Å². The van der Waals surface area contributed by atoms with Gasteiger partial charge in [-0.3, -0.25) is 0 Å². The van der Waals surface area contributed by atoms with Gasteiger partial charge in [-0.2, -0.15) is 0 Å². The van der Waals surface area contributed by atoms with Crippen molar-refractivity contribution in [3.05, 3.63) is 54.1 Å². The zero-order valence-corrected chi connectivity index (χ0v) is 16.5. The topological polar surface area (TPSA) is 46.3 Å². The first kappa shape index (κ1) is 19.5. The van der Waals surface area contributed by atoms with E-state index in [9.17, 15) is 0 Å². The number of aromatic nitrogens is 1. The van der Waals surface area contributed by atoms with Gasteiger partial charge in [0.25, 0.3) is 0 Å². The molecule has 0 aliphatic carbocycles. The number of anilines is 1. The maximum absolute atomic E-state index is 5.74. The molecule has 4 nitrogen and oxygen atoms in total. The summed E-state index contributed by atoms with van der Waals surface area (Å²) in [5, 5.41) is 4.88. The molecule has 0 amide bonds. The fourth-order valence-electron chi connectivity index (χ4n) is 3.38. The molecule has 144 valence electrons. The average molecular weight is 367 g/mol. The van der Waals surface area contributed by atoms with Crippen LogP contribution in [0.4, 0.5) is 5.69 Å². The van der Waals surface area contributed by atoms with Crippen molar-refractivity contribution in [2.24, 2.45) is 0 Å². The van der Waals surface area contributed by atoms with Crippen molar-refractivity contribution < 1.29 is 9.47 Å². The first-order chi connectivity index (χ1) is 13.2. The predicted octanol–water partition coefficient (Wildman–Crippen LogP) is 5.60. The molecule has 1 atom stereocenters. The molecule has 4 heteroatoms. The molecule has 0 bridgehead atoms. The maximum Gasteiger partial charge on any atom is 0.0719 e. The first-order valence-corrected chi connectivity index (χ1v) is 9.75. The van der Waals surface area contributed by atoms with Gasteiger partial charge in [0.05, 0.1) is 31.0 Å². The summed E-state index contributed by atoms with van der Waals surface area (Å²) >= 11 is 0. The summed E-state index contributed by atoms with van der Waals surface area (Å²) < 4.78 is 10.8. The van der Waals surface area contributed by atoms with E-state index < -0.39 is 0 Å². The minimum absolute atomic E-state index is 0.423.